The van der Waals surface area contributed by atoms with Crippen molar-refractivity contribution < 1.29 is 34.5 Å². The van der Waals surface area contributed by atoms with Crippen molar-refractivity contribution in [1.29, 1.82) is 0 Å². The van der Waals surface area contributed by atoms with Crippen LogP contribution in [0.1, 0.15) is 33.6 Å². The maximum absolute atomic E-state index is 12.5. The molecular weight excluding hydrogens is 416 g/mol. The first kappa shape index (κ1) is 28.1. The Bertz CT molecular complexity index is 589. The number of carboxylic acid groups (broad SMARTS) is 1. The van der Waals surface area contributed by atoms with Gasteiger partial charge in [-0.1, -0.05) is 13.8 Å². The van der Waals surface area contributed by atoms with Gasteiger partial charge in [0.25, 0.3) is 0 Å². The fourth-order valence-electron chi connectivity index (χ4n) is 2.51. The second-order valence-corrected chi connectivity index (χ2v) is 8.37. The molecule has 5 unspecified atom stereocenters. The van der Waals surface area contributed by atoms with Crippen molar-refractivity contribution in [1.82, 2.24) is 16.0 Å². The lowest BCUT2D eigenvalue weighted by Gasteiger charge is -2.25. The van der Waals surface area contributed by atoms with E-state index < -0.39 is 60.6 Å². The highest BCUT2D eigenvalue weighted by Crippen LogP contribution is 2.05. The largest absolute Gasteiger partial charge is 0.480 e. The number of nitrogens with two attached hydrogens (primary N) is 1. The van der Waals surface area contributed by atoms with Gasteiger partial charge in [0.15, 0.2) is 6.04 Å². The summed E-state index contributed by atoms with van der Waals surface area (Å²) in [5, 5.41) is 35.1. The third kappa shape index (κ3) is 10.2. The molecule has 0 aromatic heterocycles. The zero-order chi connectivity index (χ0) is 23.4. The quantitative estimate of drug-likeness (QED) is 0.157. The van der Waals surface area contributed by atoms with Gasteiger partial charge in [0.05, 0.1) is 18.8 Å². The minimum absolute atomic E-state index is 0.155. The monoisotopic (exact) mass is 450 g/mol. The highest BCUT2D eigenvalue weighted by Gasteiger charge is 2.31. The lowest BCUT2D eigenvalue weighted by atomic mass is 10.0. The molecule has 0 spiro atoms. The number of hydrogen-bond donors (Lipinski definition) is 7. The summed E-state index contributed by atoms with van der Waals surface area (Å²) in [6.07, 6.45) is 0.999. The van der Waals surface area contributed by atoms with Crippen molar-refractivity contribution in [3.8, 4) is 0 Å². The fourth-order valence-corrected chi connectivity index (χ4v) is 2.98. The van der Waals surface area contributed by atoms with Crippen molar-refractivity contribution in [3.05, 3.63) is 0 Å². The molecule has 0 heterocycles. The van der Waals surface area contributed by atoms with Gasteiger partial charge >= 0.3 is 5.97 Å². The predicted molar refractivity (Wildman–Crippen MR) is 113 cm³/mol. The molecule has 0 saturated carbocycles. The Morgan fingerprint density at radius 2 is 1.50 bits per heavy atom. The van der Waals surface area contributed by atoms with Crippen LogP contribution in [0.25, 0.3) is 0 Å². The summed E-state index contributed by atoms with van der Waals surface area (Å²) in [6.45, 7) is 4.27. The van der Waals surface area contributed by atoms with Crippen LogP contribution < -0.4 is 21.7 Å². The average Bonchev–Trinajstić information content (AvgIpc) is 2.65. The van der Waals surface area contributed by atoms with Gasteiger partial charge in [0.2, 0.25) is 17.7 Å². The number of aliphatic hydroxyl groups excluding tert-OH is 2. The summed E-state index contributed by atoms with van der Waals surface area (Å²) in [5.41, 5.74) is 5.78. The Kier molecular flexibility index (Phi) is 13.3. The minimum atomic E-state index is -1.55. The molecular formula is C18H34N4O7S. The van der Waals surface area contributed by atoms with E-state index in [0.717, 1.165) is 0 Å². The molecule has 0 aromatic rings. The molecule has 0 aromatic carbocycles. The maximum atomic E-state index is 12.5. The number of nitrogens with one attached hydrogen (secondary N) is 3. The molecule has 0 bridgehead atoms. The molecule has 0 aliphatic heterocycles. The zero-order valence-electron chi connectivity index (χ0n) is 17.8. The summed E-state index contributed by atoms with van der Waals surface area (Å²) in [5.74, 6) is -3.02. The van der Waals surface area contributed by atoms with Gasteiger partial charge in [-0.25, -0.2) is 4.79 Å². The Balaban J connectivity index is 5.19. The lowest BCUT2D eigenvalue weighted by Crippen LogP contribution is -2.59. The molecule has 174 valence electrons. The lowest BCUT2D eigenvalue weighted by molar-refractivity contribution is -0.145. The van der Waals surface area contributed by atoms with Crippen LogP contribution in [0.3, 0.4) is 0 Å². The molecule has 30 heavy (non-hydrogen) atoms. The number of amides is 3. The molecule has 3 amide bonds. The van der Waals surface area contributed by atoms with Crippen LogP contribution in [0.4, 0.5) is 0 Å². The van der Waals surface area contributed by atoms with Gasteiger partial charge in [-0.2, -0.15) is 11.8 Å². The van der Waals surface area contributed by atoms with Crippen molar-refractivity contribution in [3.63, 3.8) is 0 Å². The topological polar surface area (TPSA) is 191 Å². The summed E-state index contributed by atoms with van der Waals surface area (Å²) in [6, 6.07) is -4.86. The van der Waals surface area contributed by atoms with Crippen LogP contribution in [0.15, 0.2) is 0 Å². The Labute approximate surface area is 180 Å². The molecule has 0 rings (SSSR count). The number of thioether (sulfide) groups is 1. The first-order valence-electron chi connectivity index (χ1n) is 9.61. The molecule has 0 aliphatic carbocycles. The summed E-state index contributed by atoms with van der Waals surface area (Å²) in [7, 11) is 0. The summed E-state index contributed by atoms with van der Waals surface area (Å²) < 4.78 is 0. The van der Waals surface area contributed by atoms with Gasteiger partial charge in [-0.05, 0) is 37.7 Å². The van der Waals surface area contributed by atoms with Crippen LogP contribution >= 0.6 is 11.8 Å². The van der Waals surface area contributed by atoms with Crippen LogP contribution in [-0.2, 0) is 19.2 Å². The van der Waals surface area contributed by atoms with Crippen molar-refractivity contribution >= 4 is 35.5 Å². The van der Waals surface area contributed by atoms with Crippen LogP contribution in [0.2, 0.25) is 0 Å². The van der Waals surface area contributed by atoms with E-state index in [0.29, 0.717) is 12.2 Å². The van der Waals surface area contributed by atoms with E-state index in [9.17, 15) is 29.4 Å². The molecule has 0 radical (unpaired) electrons. The standard InChI is InChI=1S/C18H34N4O7S/c1-9(2)7-11(19)15(25)21-13(8-23)17(27)20-12(5-6-30-4)16(26)22-14(10(3)24)18(28)29/h9-14,23-24H,5-8,19H2,1-4H3,(H,20,27)(H,21,25)(H,22,26)(H,28,29). The molecule has 5 atom stereocenters. The molecule has 0 aliphatic rings. The second-order valence-electron chi connectivity index (χ2n) is 7.39. The number of aliphatic carboxylic acids is 1. The Morgan fingerprint density at radius 1 is 0.967 bits per heavy atom. The van der Waals surface area contributed by atoms with Gasteiger partial charge in [0.1, 0.15) is 12.1 Å². The smallest absolute Gasteiger partial charge is 0.328 e. The molecule has 11 nitrogen and oxygen atoms in total. The summed E-state index contributed by atoms with van der Waals surface area (Å²) >= 11 is 1.41. The van der Waals surface area contributed by atoms with Crippen molar-refractivity contribution in [2.24, 2.45) is 11.7 Å². The van der Waals surface area contributed by atoms with Gasteiger partial charge in [-0.15, -0.1) is 0 Å². The number of carboxylic acids is 1. The van der Waals surface area contributed by atoms with Crippen LogP contribution in [0.5, 0.6) is 0 Å². The van der Waals surface area contributed by atoms with Crippen LogP contribution in [0, 0.1) is 5.92 Å². The number of carbonyl (C=O) groups excluding carboxylic acids is 3. The van der Waals surface area contributed by atoms with E-state index in [4.69, 9.17) is 10.8 Å². The van der Waals surface area contributed by atoms with Gasteiger partial charge in [-0.3, -0.25) is 14.4 Å². The number of hydrogen-bond acceptors (Lipinski definition) is 8. The zero-order valence-corrected chi connectivity index (χ0v) is 18.6. The fraction of sp³-hybridized carbons (Fsp3) is 0.778. The van der Waals surface area contributed by atoms with E-state index in [1.807, 2.05) is 13.8 Å². The first-order valence-corrected chi connectivity index (χ1v) is 11.0. The van der Waals surface area contributed by atoms with Crippen molar-refractivity contribution in [2.45, 2.75) is 63.9 Å². The van der Waals surface area contributed by atoms with E-state index in [1.165, 1.54) is 18.7 Å². The first-order chi connectivity index (χ1) is 13.9. The Hall–Kier alpha value is -1.89. The summed E-state index contributed by atoms with van der Waals surface area (Å²) in [4.78, 5) is 48.3. The second kappa shape index (κ2) is 14.2. The Morgan fingerprint density at radius 3 is 1.93 bits per heavy atom. The molecule has 12 heteroatoms. The third-order valence-electron chi connectivity index (χ3n) is 4.17. The molecule has 0 fully saturated rings. The van der Waals surface area contributed by atoms with E-state index in [1.54, 1.807) is 6.26 Å². The van der Waals surface area contributed by atoms with Crippen LogP contribution in [-0.4, -0.2) is 87.9 Å². The predicted octanol–water partition coefficient (Wildman–Crippen LogP) is -1.97. The molecule has 8 N–H and O–H groups in total. The minimum Gasteiger partial charge on any atom is -0.480 e. The molecule has 0 saturated heterocycles. The van der Waals surface area contributed by atoms with Crippen molar-refractivity contribution in [2.75, 3.05) is 18.6 Å². The maximum Gasteiger partial charge on any atom is 0.328 e. The van der Waals surface area contributed by atoms with E-state index in [-0.39, 0.29) is 12.3 Å². The number of carbonyl (C=O) groups is 4. The van der Waals surface area contributed by atoms with E-state index in [2.05, 4.69) is 16.0 Å². The number of rotatable bonds is 14. The number of aliphatic hydroxyl groups is 2. The van der Waals surface area contributed by atoms with E-state index >= 15 is 0 Å². The van der Waals surface area contributed by atoms with Gasteiger partial charge in [0, 0.05) is 0 Å². The van der Waals surface area contributed by atoms with Gasteiger partial charge < -0.3 is 37.0 Å². The normalized spacial score (nSPS) is 16.1. The highest BCUT2D eigenvalue weighted by molar-refractivity contribution is 7.98. The third-order valence-corrected chi connectivity index (χ3v) is 4.81. The highest BCUT2D eigenvalue weighted by atomic mass is 32.2. The SMILES string of the molecule is CSCCC(NC(=O)C(CO)NC(=O)C(N)CC(C)C)C(=O)NC(C(=O)O)C(C)O. The average molecular weight is 451 g/mol.